The Morgan fingerprint density at radius 1 is 1.14 bits per heavy atom. The minimum absolute atomic E-state index is 0.00299. The third-order valence-electron chi connectivity index (χ3n) is 4.22. The van der Waals surface area contributed by atoms with E-state index in [4.69, 9.17) is 0 Å². The van der Waals surface area contributed by atoms with Crippen LogP contribution in [0.2, 0.25) is 0 Å². The highest BCUT2D eigenvalue weighted by Crippen LogP contribution is 2.41. The zero-order chi connectivity index (χ0) is 15.1. The standard InChI is InChI=1S/C16H17NO3S/c1-16(21(19,20)17-11-14(18)12-17)10-6-5-9-15(16)13-7-3-2-4-8-13/h2-10,15H,11-12H2,1H3/t15?,16-/m1/s1. The molecule has 4 nitrogen and oxygen atoms in total. The first-order valence-corrected chi connectivity index (χ1v) is 8.31. The molecule has 0 spiro atoms. The summed E-state index contributed by atoms with van der Waals surface area (Å²) in [4.78, 5) is 11.2. The van der Waals surface area contributed by atoms with Crippen molar-refractivity contribution in [1.29, 1.82) is 0 Å². The summed E-state index contributed by atoms with van der Waals surface area (Å²) in [6.45, 7) is 1.72. The van der Waals surface area contributed by atoms with Crippen LogP contribution >= 0.6 is 0 Å². The van der Waals surface area contributed by atoms with Crippen molar-refractivity contribution in [2.75, 3.05) is 13.1 Å². The Morgan fingerprint density at radius 2 is 1.81 bits per heavy atom. The maximum atomic E-state index is 12.9. The summed E-state index contributed by atoms with van der Waals surface area (Å²) in [5.74, 6) is -0.293. The molecule has 5 heteroatoms. The van der Waals surface area contributed by atoms with Gasteiger partial charge in [0.05, 0.1) is 13.1 Å². The monoisotopic (exact) mass is 303 g/mol. The van der Waals surface area contributed by atoms with E-state index in [-0.39, 0.29) is 24.8 Å². The lowest BCUT2D eigenvalue weighted by Crippen LogP contribution is -2.58. The fourth-order valence-electron chi connectivity index (χ4n) is 2.86. The van der Waals surface area contributed by atoms with E-state index < -0.39 is 14.8 Å². The van der Waals surface area contributed by atoms with Gasteiger partial charge < -0.3 is 0 Å². The molecule has 0 amide bonds. The van der Waals surface area contributed by atoms with Crippen molar-refractivity contribution in [3.63, 3.8) is 0 Å². The maximum absolute atomic E-state index is 12.9. The van der Waals surface area contributed by atoms with Crippen molar-refractivity contribution >= 4 is 15.8 Å². The van der Waals surface area contributed by atoms with Crippen LogP contribution in [0.25, 0.3) is 0 Å². The Labute approximate surface area is 124 Å². The number of rotatable bonds is 3. The number of benzene rings is 1. The second-order valence-electron chi connectivity index (χ2n) is 5.63. The molecule has 2 atom stereocenters. The summed E-state index contributed by atoms with van der Waals surface area (Å²) in [5, 5.41) is 0. The van der Waals surface area contributed by atoms with E-state index in [0.717, 1.165) is 5.56 Å². The molecule has 0 saturated carbocycles. The molecule has 1 fully saturated rings. The molecule has 0 bridgehead atoms. The lowest BCUT2D eigenvalue weighted by molar-refractivity contribution is -0.125. The van der Waals surface area contributed by atoms with Crippen molar-refractivity contribution in [3.8, 4) is 0 Å². The number of hydrogen-bond donors (Lipinski definition) is 0. The van der Waals surface area contributed by atoms with E-state index in [1.165, 1.54) is 4.31 Å². The lowest BCUT2D eigenvalue weighted by atomic mass is 9.83. The molecule has 0 aromatic heterocycles. The van der Waals surface area contributed by atoms with Gasteiger partial charge in [0.15, 0.2) is 5.78 Å². The van der Waals surface area contributed by atoms with Crippen molar-refractivity contribution in [1.82, 2.24) is 4.31 Å². The predicted molar refractivity (Wildman–Crippen MR) is 81.4 cm³/mol. The summed E-state index contributed by atoms with van der Waals surface area (Å²) in [5.41, 5.74) is 0.955. The first-order chi connectivity index (χ1) is 9.95. The van der Waals surface area contributed by atoms with E-state index in [1.807, 2.05) is 42.5 Å². The van der Waals surface area contributed by atoms with E-state index in [2.05, 4.69) is 0 Å². The summed E-state index contributed by atoms with van der Waals surface area (Å²) in [7, 11) is -3.58. The average Bonchev–Trinajstić information content (AvgIpc) is 2.45. The van der Waals surface area contributed by atoms with Crippen LogP contribution in [0.5, 0.6) is 0 Å². The van der Waals surface area contributed by atoms with E-state index >= 15 is 0 Å². The van der Waals surface area contributed by atoms with Gasteiger partial charge in [-0.1, -0.05) is 54.6 Å². The fourth-order valence-corrected chi connectivity index (χ4v) is 4.83. The van der Waals surface area contributed by atoms with E-state index in [1.54, 1.807) is 19.1 Å². The molecule has 0 radical (unpaired) electrons. The van der Waals surface area contributed by atoms with Crippen LogP contribution in [-0.4, -0.2) is 36.3 Å². The molecule has 2 aliphatic rings. The van der Waals surface area contributed by atoms with Crippen molar-refractivity contribution in [2.24, 2.45) is 0 Å². The largest absolute Gasteiger partial charge is 0.297 e. The number of nitrogens with zero attached hydrogens (tertiary/aromatic N) is 1. The van der Waals surface area contributed by atoms with Gasteiger partial charge in [-0.2, -0.15) is 4.31 Å². The number of Topliss-reactive ketones (excluding diaryl/α,β-unsaturated/α-hetero) is 1. The van der Waals surface area contributed by atoms with E-state index in [9.17, 15) is 13.2 Å². The van der Waals surface area contributed by atoms with Crippen molar-refractivity contribution in [3.05, 3.63) is 60.2 Å². The number of ketones is 1. The first kappa shape index (κ1) is 14.2. The van der Waals surface area contributed by atoms with Gasteiger partial charge in [-0.3, -0.25) is 4.79 Å². The Kier molecular flexibility index (Phi) is 3.34. The molecule has 1 heterocycles. The van der Waals surface area contributed by atoms with Crippen LogP contribution in [0.15, 0.2) is 54.6 Å². The molecule has 3 rings (SSSR count). The van der Waals surface area contributed by atoms with Gasteiger partial charge in [0, 0.05) is 5.92 Å². The molecule has 21 heavy (non-hydrogen) atoms. The molecule has 1 saturated heterocycles. The van der Waals surface area contributed by atoms with Crippen LogP contribution in [0, 0.1) is 0 Å². The van der Waals surface area contributed by atoms with Gasteiger partial charge in [-0.05, 0) is 12.5 Å². The van der Waals surface area contributed by atoms with Gasteiger partial charge >= 0.3 is 0 Å². The molecule has 1 aromatic carbocycles. The third kappa shape index (κ3) is 2.17. The van der Waals surface area contributed by atoms with Gasteiger partial charge in [0.25, 0.3) is 0 Å². The summed E-state index contributed by atoms with van der Waals surface area (Å²) in [6.07, 6.45) is 7.27. The van der Waals surface area contributed by atoms with E-state index in [0.29, 0.717) is 0 Å². The smallest absolute Gasteiger partial charge is 0.224 e. The molecular formula is C16H17NO3S. The van der Waals surface area contributed by atoms with Crippen LogP contribution in [0.4, 0.5) is 0 Å². The molecule has 1 unspecified atom stereocenters. The quantitative estimate of drug-likeness (QED) is 0.856. The minimum Gasteiger partial charge on any atom is -0.297 e. The van der Waals surface area contributed by atoms with Gasteiger partial charge in [-0.25, -0.2) is 8.42 Å². The lowest BCUT2D eigenvalue weighted by Gasteiger charge is -2.41. The van der Waals surface area contributed by atoms with Gasteiger partial charge in [-0.15, -0.1) is 0 Å². The average molecular weight is 303 g/mol. The zero-order valence-electron chi connectivity index (χ0n) is 11.8. The highest BCUT2D eigenvalue weighted by Gasteiger charge is 2.50. The molecule has 1 aliphatic heterocycles. The minimum atomic E-state index is -3.58. The highest BCUT2D eigenvalue weighted by molar-refractivity contribution is 7.90. The van der Waals surface area contributed by atoms with Crippen LogP contribution < -0.4 is 0 Å². The summed E-state index contributed by atoms with van der Waals surface area (Å²) >= 11 is 0. The molecular weight excluding hydrogens is 286 g/mol. The SMILES string of the molecule is C[C@@]1(S(=O)(=O)N2CC(=O)C2)C=CC=CC1c1ccccc1. The van der Waals surface area contributed by atoms with Gasteiger partial charge in [0.2, 0.25) is 10.0 Å². The van der Waals surface area contributed by atoms with Crippen molar-refractivity contribution < 1.29 is 13.2 Å². The molecule has 0 N–H and O–H groups in total. The van der Waals surface area contributed by atoms with Crippen LogP contribution in [0.3, 0.4) is 0 Å². The third-order valence-corrected chi connectivity index (χ3v) is 6.66. The topological polar surface area (TPSA) is 54.5 Å². The number of hydrogen-bond acceptors (Lipinski definition) is 3. The summed E-state index contributed by atoms with van der Waals surface area (Å²) < 4.78 is 26.0. The van der Waals surface area contributed by atoms with Crippen LogP contribution in [-0.2, 0) is 14.8 Å². The number of sulfonamides is 1. The molecule has 1 aromatic rings. The fraction of sp³-hybridized carbons (Fsp3) is 0.312. The number of carbonyl (C=O) groups excluding carboxylic acids is 1. The Morgan fingerprint density at radius 3 is 2.43 bits per heavy atom. The normalized spacial score (nSPS) is 29.4. The second-order valence-corrected chi connectivity index (χ2v) is 7.97. The number of carbonyl (C=O) groups is 1. The van der Waals surface area contributed by atoms with Gasteiger partial charge in [0.1, 0.15) is 4.75 Å². The Hall–Kier alpha value is -1.72. The first-order valence-electron chi connectivity index (χ1n) is 6.87. The second kappa shape index (κ2) is 4.93. The highest BCUT2D eigenvalue weighted by atomic mass is 32.2. The summed E-state index contributed by atoms with van der Waals surface area (Å²) in [6, 6.07) is 9.58. The van der Waals surface area contributed by atoms with Crippen molar-refractivity contribution in [2.45, 2.75) is 17.6 Å². The number of allylic oxidation sites excluding steroid dienone is 3. The Bertz CT molecular complexity index is 713. The molecule has 110 valence electrons. The maximum Gasteiger partial charge on any atom is 0.224 e. The Balaban J connectivity index is 2.03. The predicted octanol–water partition coefficient (Wildman–Crippen LogP) is 1.87. The van der Waals surface area contributed by atoms with Crippen LogP contribution in [0.1, 0.15) is 18.4 Å². The molecule has 1 aliphatic carbocycles. The zero-order valence-corrected chi connectivity index (χ0v) is 12.6.